The van der Waals surface area contributed by atoms with Gasteiger partial charge < -0.3 is 15.5 Å². The molecule has 96 valence electrons. The zero-order chi connectivity index (χ0) is 13.0. The molecule has 3 nitrogen and oxygen atoms in total. The number of phenolic OH excluding ortho intramolecular Hbond substituents is 1. The molecule has 0 aromatic heterocycles. The van der Waals surface area contributed by atoms with Crippen LogP contribution in [-0.2, 0) is 0 Å². The molecule has 4 heteroatoms. The standard InChI is InChI=1S/C13H20FNO2/c1-8(2)13(17)7-15-9(3)11-6-10(14)4-5-12(11)16/h4-6,8-9,13,15-17H,7H2,1-3H3. The first-order valence-electron chi connectivity index (χ1n) is 5.81. The maximum Gasteiger partial charge on any atom is 0.123 e. The van der Waals surface area contributed by atoms with Crippen LogP contribution in [0.15, 0.2) is 18.2 Å². The van der Waals surface area contributed by atoms with Crippen molar-refractivity contribution in [3.63, 3.8) is 0 Å². The number of aliphatic hydroxyl groups is 1. The fourth-order valence-electron chi connectivity index (χ4n) is 1.52. The summed E-state index contributed by atoms with van der Waals surface area (Å²) in [7, 11) is 0. The monoisotopic (exact) mass is 241 g/mol. The summed E-state index contributed by atoms with van der Waals surface area (Å²) in [5.41, 5.74) is 0.501. The van der Waals surface area contributed by atoms with Gasteiger partial charge in [0, 0.05) is 18.2 Å². The molecule has 3 N–H and O–H groups in total. The summed E-state index contributed by atoms with van der Waals surface area (Å²) in [6.07, 6.45) is -0.451. The minimum absolute atomic E-state index is 0.0606. The van der Waals surface area contributed by atoms with Gasteiger partial charge in [-0.3, -0.25) is 0 Å². The van der Waals surface area contributed by atoms with E-state index in [4.69, 9.17) is 0 Å². The van der Waals surface area contributed by atoms with Crippen LogP contribution < -0.4 is 5.32 Å². The first-order valence-corrected chi connectivity index (χ1v) is 5.81. The van der Waals surface area contributed by atoms with Gasteiger partial charge in [-0.1, -0.05) is 13.8 Å². The van der Waals surface area contributed by atoms with Crippen LogP contribution in [0.2, 0.25) is 0 Å². The summed E-state index contributed by atoms with van der Waals surface area (Å²) in [4.78, 5) is 0. The zero-order valence-corrected chi connectivity index (χ0v) is 10.4. The van der Waals surface area contributed by atoms with Gasteiger partial charge in [0.2, 0.25) is 0 Å². The van der Waals surface area contributed by atoms with E-state index >= 15 is 0 Å². The van der Waals surface area contributed by atoms with Gasteiger partial charge in [-0.05, 0) is 31.0 Å². The summed E-state index contributed by atoms with van der Waals surface area (Å²) >= 11 is 0. The largest absolute Gasteiger partial charge is 0.508 e. The SMILES string of the molecule is CC(NCC(O)C(C)C)c1cc(F)ccc1O. The van der Waals surface area contributed by atoms with E-state index in [1.165, 1.54) is 18.2 Å². The van der Waals surface area contributed by atoms with Crippen LogP contribution in [0.5, 0.6) is 5.75 Å². The molecule has 2 atom stereocenters. The second kappa shape index (κ2) is 5.98. The van der Waals surface area contributed by atoms with E-state index in [2.05, 4.69) is 5.32 Å². The highest BCUT2D eigenvalue weighted by Crippen LogP contribution is 2.24. The number of benzene rings is 1. The lowest BCUT2D eigenvalue weighted by atomic mass is 10.0. The fraction of sp³-hybridized carbons (Fsp3) is 0.538. The van der Waals surface area contributed by atoms with E-state index in [9.17, 15) is 14.6 Å². The van der Waals surface area contributed by atoms with Crippen molar-refractivity contribution in [3.8, 4) is 5.75 Å². The Morgan fingerprint density at radius 3 is 2.53 bits per heavy atom. The molecule has 0 spiro atoms. The third kappa shape index (κ3) is 3.98. The van der Waals surface area contributed by atoms with Gasteiger partial charge >= 0.3 is 0 Å². The Kier molecular flexibility index (Phi) is 4.90. The average Bonchev–Trinajstić information content (AvgIpc) is 2.28. The van der Waals surface area contributed by atoms with Gasteiger partial charge in [-0.15, -0.1) is 0 Å². The molecule has 17 heavy (non-hydrogen) atoms. The summed E-state index contributed by atoms with van der Waals surface area (Å²) < 4.78 is 13.0. The lowest BCUT2D eigenvalue weighted by Crippen LogP contribution is -2.32. The quantitative estimate of drug-likeness (QED) is 0.740. The van der Waals surface area contributed by atoms with Crippen LogP contribution in [0.4, 0.5) is 4.39 Å². The predicted molar refractivity (Wildman–Crippen MR) is 65.3 cm³/mol. The normalized spacial score (nSPS) is 14.9. The van der Waals surface area contributed by atoms with E-state index in [-0.39, 0.29) is 23.5 Å². The topological polar surface area (TPSA) is 52.5 Å². The molecule has 0 aliphatic carbocycles. The van der Waals surface area contributed by atoms with Gasteiger partial charge in [0.05, 0.1) is 6.10 Å². The van der Waals surface area contributed by atoms with Crippen molar-refractivity contribution in [1.82, 2.24) is 5.32 Å². The van der Waals surface area contributed by atoms with Gasteiger partial charge in [0.15, 0.2) is 0 Å². The third-order valence-corrected chi connectivity index (χ3v) is 2.86. The highest BCUT2D eigenvalue weighted by atomic mass is 19.1. The lowest BCUT2D eigenvalue weighted by molar-refractivity contribution is 0.120. The summed E-state index contributed by atoms with van der Waals surface area (Å²) in [5, 5.41) is 22.3. The first kappa shape index (κ1) is 13.9. The van der Waals surface area contributed by atoms with Crippen LogP contribution in [0, 0.1) is 11.7 Å². The van der Waals surface area contributed by atoms with Crippen LogP contribution >= 0.6 is 0 Å². The molecule has 1 aromatic rings. The Morgan fingerprint density at radius 2 is 1.94 bits per heavy atom. The molecule has 0 radical (unpaired) electrons. The minimum atomic E-state index is -0.451. The van der Waals surface area contributed by atoms with Crippen molar-refractivity contribution in [3.05, 3.63) is 29.6 Å². The van der Waals surface area contributed by atoms with Crippen molar-refractivity contribution in [2.75, 3.05) is 6.54 Å². The van der Waals surface area contributed by atoms with Crippen LogP contribution in [0.3, 0.4) is 0 Å². The Bertz CT molecular complexity index is 368. The third-order valence-electron chi connectivity index (χ3n) is 2.86. The number of hydrogen-bond donors (Lipinski definition) is 3. The Hall–Kier alpha value is -1.13. The number of aromatic hydroxyl groups is 1. The Balaban J connectivity index is 2.63. The zero-order valence-electron chi connectivity index (χ0n) is 10.4. The molecular weight excluding hydrogens is 221 g/mol. The molecule has 2 unspecified atom stereocenters. The van der Waals surface area contributed by atoms with E-state index in [1.807, 2.05) is 20.8 Å². The second-order valence-electron chi connectivity index (χ2n) is 4.64. The molecule has 0 aliphatic heterocycles. The van der Waals surface area contributed by atoms with Gasteiger partial charge in [-0.25, -0.2) is 4.39 Å². The maximum atomic E-state index is 13.0. The lowest BCUT2D eigenvalue weighted by Gasteiger charge is -2.20. The number of aliphatic hydroxyl groups excluding tert-OH is 1. The van der Waals surface area contributed by atoms with Gasteiger partial charge in [0.25, 0.3) is 0 Å². The molecule has 0 heterocycles. The van der Waals surface area contributed by atoms with E-state index in [0.29, 0.717) is 12.1 Å². The summed E-state index contributed by atoms with van der Waals surface area (Å²) in [6, 6.07) is 3.64. The first-order chi connectivity index (χ1) is 7.91. The molecule has 0 saturated heterocycles. The molecule has 1 aromatic carbocycles. The number of rotatable bonds is 5. The van der Waals surface area contributed by atoms with E-state index < -0.39 is 6.10 Å². The second-order valence-corrected chi connectivity index (χ2v) is 4.64. The molecule has 0 amide bonds. The molecular formula is C13H20FNO2. The van der Waals surface area contributed by atoms with Crippen molar-refractivity contribution in [2.45, 2.75) is 32.9 Å². The van der Waals surface area contributed by atoms with Crippen LogP contribution in [-0.4, -0.2) is 22.9 Å². The van der Waals surface area contributed by atoms with Crippen molar-refractivity contribution < 1.29 is 14.6 Å². The summed E-state index contributed by atoms with van der Waals surface area (Å²) in [6.45, 7) is 6.09. The molecule has 0 fully saturated rings. The summed E-state index contributed by atoms with van der Waals surface area (Å²) in [5.74, 6) is -0.155. The van der Waals surface area contributed by atoms with Crippen LogP contribution in [0.1, 0.15) is 32.4 Å². The van der Waals surface area contributed by atoms with E-state index in [0.717, 1.165) is 0 Å². The molecule has 1 rings (SSSR count). The number of nitrogens with one attached hydrogen (secondary N) is 1. The Morgan fingerprint density at radius 1 is 1.29 bits per heavy atom. The molecule has 0 saturated carbocycles. The highest BCUT2D eigenvalue weighted by Gasteiger charge is 2.14. The smallest absolute Gasteiger partial charge is 0.123 e. The minimum Gasteiger partial charge on any atom is -0.508 e. The van der Waals surface area contributed by atoms with E-state index in [1.54, 1.807) is 0 Å². The van der Waals surface area contributed by atoms with Crippen molar-refractivity contribution >= 4 is 0 Å². The van der Waals surface area contributed by atoms with Crippen LogP contribution in [0.25, 0.3) is 0 Å². The fourth-order valence-corrected chi connectivity index (χ4v) is 1.52. The number of hydrogen-bond acceptors (Lipinski definition) is 3. The number of phenols is 1. The highest BCUT2D eigenvalue weighted by molar-refractivity contribution is 5.34. The molecule has 0 bridgehead atoms. The number of halogens is 1. The maximum absolute atomic E-state index is 13.0. The van der Waals surface area contributed by atoms with Gasteiger partial charge in [0.1, 0.15) is 11.6 Å². The average molecular weight is 241 g/mol. The molecule has 0 aliphatic rings. The van der Waals surface area contributed by atoms with Gasteiger partial charge in [-0.2, -0.15) is 0 Å². The van der Waals surface area contributed by atoms with Crippen molar-refractivity contribution in [1.29, 1.82) is 0 Å². The van der Waals surface area contributed by atoms with Crippen molar-refractivity contribution in [2.24, 2.45) is 5.92 Å². The predicted octanol–water partition coefficient (Wildman–Crippen LogP) is 2.20. The Labute approximate surface area is 101 Å².